The molecule has 0 radical (unpaired) electrons. The molecule has 3 aromatic rings. The highest BCUT2D eigenvalue weighted by Crippen LogP contribution is 2.32. The number of carbonyl (C=O) groups is 3. The third-order valence-electron chi connectivity index (χ3n) is 5.82. The summed E-state index contributed by atoms with van der Waals surface area (Å²) in [5, 5.41) is 5.51. The quantitative estimate of drug-likeness (QED) is 0.312. The van der Waals surface area contributed by atoms with Gasteiger partial charge in [0.05, 0.1) is 6.42 Å². The lowest BCUT2D eigenvalue weighted by molar-refractivity contribution is -0.147. The molecule has 0 heterocycles. The van der Waals surface area contributed by atoms with Crippen molar-refractivity contribution in [2.45, 2.75) is 53.4 Å². The number of rotatable bonds is 10. The Balaban J connectivity index is 1.43. The first-order chi connectivity index (χ1) is 17.6. The fraction of sp³-hybridized carbons (Fsp3) is 0.300. The molecular formula is C30H34N2O5. The van der Waals surface area contributed by atoms with E-state index in [1.54, 1.807) is 24.3 Å². The summed E-state index contributed by atoms with van der Waals surface area (Å²) in [4.78, 5) is 36.4. The lowest BCUT2D eigenvalue weighted by Crippen LogP contribution is -2.22. The Morgan fingerprint density at radius 2 is 1.49 bits per heavy atom. The molecule has 0 bridgehead atoms. The molecular weight excluding hydrogens is 468 g/mol. The van der Waals surface area contributed by atoms with E-state index in [1.807, 2.05) is 45.0 Å². The lowest BCUT2D eigenvalue weighted by Gasteiger charge is -2.15. The van der Waals surface area contributed by atoms with Gasteiger partial charge in [-0.25, -0.2) is 0 Å². The van der Waals surface area contributed by atoms with E-state index in [0.29, 0.717) is 23.0 Å². The number of amides is 2. The molecule has 0 unspecified atom stereocenters. The van der Waals surface area contributed by atoms with Crippen molar-refractivity contribution in [3.8, 4) is 11.5 Å². The second kappa shape index (κ2) is 12.7. The summed E-state index contributed by atoms with van der Waals surface area (Å²) in [5.41, 5.74) is 5.38. The molecule has 0 atom stereocenters. The van der Waals surface area contributed by atoms with Crippen LogP contribution < -0.4 is 15.4 Å². The van der Waals surface area contributed by atoms with Crippen LogP contribution in [0.15, 0.2) is 60.7 Å². The van der Waals surface area contributed by atoms with Crippen LogP contribution in [0.3, 0.4) is 0 Å². The normalized spacial score (nSPS) is 10.6. The zero-order valence-electron chi connectivity index (χ0n) is 22.0. The molecule has 0 saturated heterocycles. The molecule has 3 rings (SSSR count). The van der Waals surface area contributed by atoms with Crippen LogP contribution in [0.4, 0.5) is 11.4 Å². The van der Waals surface area contributed by atoms with E-state index in [1.165, 1.54) is 0 Å². The van der Waals surface area contributed by atoms with Crippen molar-refractivity contribution in [1.29, 1.82) is 0 Å². The first-order valence-electron chi connectivity index (χ1n) is 12.3. The fourth-order valence-electron chi connectivity index (χ4n) is 3.78. The number of ether oxygens (including phenoxy) is 2. The van der Waals surface area contributed by atoms with Crippen molar-refractivity contribution in [2.24, 2.45) is 0 Å². The average Bonchev–Trinajstić information content (AvgIpc) is 2.85. The Bertz CT molecular complexity index is 1250. The van der Waals surface area contributed by atoms with Gasteiger partial charge in [-0.1, -0.05) is 44.2 Å². The lowest BCUT2D eigenvalue weighted by atomic mass is 10.0. The van der Waals surface area contributed by atoms with Gasteiger partial charge in [0.15, 0.2) is 6.61 Å². The van der Waals surface area contributed by atoms with Crippen molar-refractivity contribution in [3.63, 3.8) is 0 Å². The number of hydrogen-bond acceptors (Lipinski definition) is 5. The minimum atomic E-state index is -0.616. The molecule has 0 aliphatic heterocycles. The Kier molecular flexibility index (Phi) is 9.44. The van der Waals surface area contributed by atoms with Crippen LogP contribution in [-0.4, -0.2) is 24.4 Å². The number of carbonyl (C=O) groups excluding carboxylic acids is 3. The van der Waals surface area contributed by atoms with Gasteiger partial charge in [0.1, 0.15) is 11.5 Å². The summed E-state index contributed by atoms with van der Waals surface area (Å²) >= 11 is 0. The molecule has 7 heteroatoms. The van der Waals surface area contributed by atoms with Crippen LogP contribution in [-0.2, 0) is 19.1 Å². The average molecular weight is 503 g/mol. The van der Waals surface area contributed by atoms with Crippen LogP contribution in [0.25, 0.3) is 0 Å². The number of anilines is 2. The van der Waals surface area contributed by atoms with Crippen molar-refractivity contribution in [3.05, 3.63) is 82.9 Å². The van der Waals surface area contributed by atoms with E-state index < -0.39 is 18.5 Å². The summed E-state index contributed by atoms with van der Waals surface area (Å²) in [6, 6.07) is 18.9. The Hall–Kier alpha value is -4.13. The van der Waals surface area contributed by atoms with Crippen molar-refractivity contribution >= 4 is 29.2 Å². The number of hydrogen-bond donors (Lipinski definition) is 2. The van der Waals surface area contributed by atoms with Crippen molar-refractivity contribution < 1.29 is 23.9 Å². The second-order valence-electron chi connectivity index (χ2n) is 9.35. The van der Waals surface area contributed by atoms with Crippen LogP contribution in [0.5, 0.6) is 11.5 Å². The maximum absolute atomic E-state index is 12.3. The monoisotopic (exact) mass is 502 g/mol. The minimum Gasteiger partial charge on any atom is -0.457 e. The highest BCUT2D eigenvalue weighted by molar-refractivity contribution is 5.95. The highest BCUT2D eigenvalue weighted by Gasteiger charge is 2.13. The van der Waals surface area contributed by atoms with Crippen molar-refractivity contribution in [2.75, 3.05) is 17.2 Å². The predicted octanol–water partition coefficient (Wildman–Crippen LogP) is 6.43. The molecule has 0 spiro atoms. The number of para-hydroxylation sites is 1. The summed E-state index contributed by atoms with van der Waals surface area (Å²) in [6.45, 7) is 9.63. The van der Waals surface area contributed by atoms with Gasteiger partial charge in [0.2, 0.25) is 5.91 Å². The van der Waals surface area contributed by atoms with Gasteiger partial charge in [-0.3, -0.25) is 14.4 Å². The summed E-state index contributed by atoms with van der Waals surface area (Å²) in [7, 11) is 0. The first-order valence-corrected chi connectivity index (χ1v) is 12.3. The summed E-state index contributed by atoms with van der Waals surface area (Å²) in [6.07, 6.45) is -0.189. The standard InChI is InChI=1S/C30H34N2O5/c1-19(2)25-14-9-20(3)17-26(25)37-24-12-10-23(11-13-24)31-27(33)15-16-29(35)36-18-28(34)32-30-21(4)7-6-8-22(30)5/h6-14,17,19H,15-16,18H2,1-5H3,(H,31,33)(H,32,34). The summed E-state index contributed by atoms with van der Waals surface area (Å²) in [5.74, 6) is 0.429. The molecule has 0 aliphatic rings. The van der Waals surface area contributed by atoms with Gasteiger partial charge in [0.25, 0.3) is 5.91 Å². The largest absolute Gasteiger partial charge is 0.457 e. The Morgan fingerprint density at radius 1 is 0.811 bits per heavy atom. The van der Waals surface area contributed by atoms with Crippen LogP contribution >= 0.6 is 0 Å². The van der Waals surface area contributed by atoms with Crippen LogP contribution in [0.1, 0.15) is 54.9 Å². The molecule has 0 aliphatic carbocycles. The van der Waals surface area contributed by atoms with Crippen LogP contribution in [0, 0.1) is 20.8 Å². The van der Waals surface area contributed by atoms with E-state index in [0.717, 1.165) is 28.0 Å². The molecule has 7 nitrogen and oxygen atoms in total. The maximum atomic E-state index is 12.3. The first kappa shape index (κ1) is 27.5. The third kappa shape index (κ3) is 8.20. The zero-order valence-corrected chi connectivity index (χ0v) is 22.0. The number of benzene rings is 3. The number of esters is 1. The Morgan fingerprint density at radius 3 is 2.14 bits per heavy atom. The molecule has 0 aromatic heterocycles. The van der Waals surface area contributed by atoms with Gasteiger partial charge in [-0.05, 0) is 79.3 Å². The molecule has 3 aromatic carbocycles. The van der Waals surface area contributed by atoms with E-state index in [2.05, 4.69) is 36.6 Å². The van der Waals surface area contributed by atoms with Crippen molar-refractivity contribution in [1.82, 2.24) is 0 Å². The molecule has 37 heavy (non-hydrogen) atoms. The van der Waals surface area contributed by atoms with E-state index in [9.17, 15) is 14.4 Å². The van der Waals surface area contributed by atoms with Gasteiger partial charge < -0.3 is 20.1 Å². The van der Waals surface area contributed by atoms with E-state index >= 15 is 0 Å². The minimum absolute atomic E-state index is 0.0589. The molecule has 0 saturated carbocycles. The predicted molar refractivity (Wildman–Crippen MR) is 145 cm³/mol. The molecule has 0 fully saturated rings. The zero-order chi connectivity index (χ0) is 26.9. The molecule has 194 valence electrons. The van der Waals surface area contributed by atoms with Gasteiger partial charge in [-0.15, -0.1) is 0 Å². The highest BCUT2D eigenvalue weighted by atomic mass is 16.5. The second-order valence-corrected chi connectivity index (χ2v) is 9.35. The Labute approximate surface area is 218 Å². The fourth-order valence-corrected chi connectivity index (χ4v) is 3.78. The van der Waals surface area contributed by atoms with E-state index in [4.69, 9.17) is 9.47 Å². The van der Waals surface area contributed by atoms with E-state index in [-0.39, 0.29) is 18.7 Å². The molecule has 2 amide bonds. The SMILES string of the molecule is Cc1ccc(C(C)C)c(Oc2ccc(NC(=O)CCC(=O)OCC(=O)Nc3c(C)cccc3C)cc2)c1. The topological polar surface area (TPSA) is 93.7 Å². The maximum Gasteiger partial charge on any atom is 0.306 e. The van der Waals surface area contributed by atoms with Gasteiger partial charge >= 0.3 is 5.97 Å². The number of nitrogens with one attached hydrogen (secondary N) is 2. The van der Waals surface area contributed by atoms with Gasteiger partial charge in [0, 0.05) is 17.8 Å². The summed E-state index contributed by atoms with van der Waals surface area (Å²) < 4.78 is 11.1. The molecule has 2 N–H and O–H groups in total. The smallest absolute Gasteiger partial charge is 0.306 e. The third-order valence-corrected chi connectivity index (χ3v) is 5.82. The number of aryl methyl sites for hydroxylation is 3. The van der Waals surface area contributed by atoms with Crippen LogP contribution in [0.2, 0.25) is 0 Å². The van der Waals surface area contributed by atoms with Gasteiger partial charge in [-0.2, -0.15) is 0 Å².